The Balaban J connectivity index is 0.00000100. The Morgan fingerprint density at radius 1 is 0.667 bits per heavy atom. The fraction of sp³-hybridized carbons (Fsp3) is 0.429. The van der Waals surface area contributed by atoms with Gasteiger partial charge in [0, 0.05) is 6.42 Å². The maximum atomic E-state index is 14.4. The van der Waals surface area contributed by atoms with Crippen LogP contribution in [0.25, 0.3) is 0 Å². The molecule has 0 fully saturated rings. The predicted octanol–water partition coefficient (Wildman–Crippen LogP) is 7.49. The maximum absolute atomic E-state index is 14.4. The number of allylic oxidation sites excluding steroid dienone is 12. The summed E-state index contributed by atoms with van der Waals surface area (Å²) in [6.07, 6.45) is 9.90. The molecule has 0 N–H and O–H groups in total. The van der Waals surface area contributed by atoms with Crippen molar-refractivity contribution in [2.24, 2.45) is 0 Å². The molecular formula is C21H25F3. The lowest BCUT2D eigenvalue weighted by molar-refractivity contribution is 0.580. The van der Waals surface area contributed by atoms with E-state index in [1.54, 1.807) is 19.1 Å². The van der Waals surface area contributed by atoms with Crippen molar-refractivity contribution < 1.29 is 13.2 Å². The zero-order valence-electron chi connectivity index (χ0n) is 14.7. The van der Waals surface area contributed by atoms with Crippen LogP contribution >= 0.6 is 0 Å². The molecule has 0 heterocycles. The van der Waals surface area contributed by atoms with Gasteiger partial charge in [-0.2, -0.15) is 0 Å². The molecular weight excluding hydrogens is 309 g/mol. The summed E-state index contributed by atoms with van der Waals surface area (Å²) < 4.78 is 41.2. The number of hydrogen-bond acceptors (Lipinski definition) is 0. The minimum Gasteiger partial charge on any atom is -0.212 e. The highest BCUT2D eigenvalue weighted by Crippen LogP contribution is 2.39. The molecule has 0 aliphatic heterocycles. The van der Waals surface area contributed by atoms with Crippen LogP contribution in [0.3, 0.4) is 0 Å². The van der Waals surface area contributed by atoms with E-state index in [0.717, 1.165) is 28.7 Å². The fourth-order valence-corrected chi connectivity index (χ4v) is 3.17. The van der Waals surface area contributed by atoms with Crippen molar-refractivity contribution in [2.75, 3.05) is 0 Å². The summed E-state index contributed by atoms with van der Waals surface area (Å²) in [4.78, 5) is 0. The third kappa shape index (κ3) is 4.19. The van der Waals surface area contributed by atoms with E-state index in [1.165, 1.54) is 12.2 Å². The van der Waals surface area contributed by atoms with Crippen molar-refractivity contribution in [1.29, 1.82) is 0 Å². The zero-order chi connectivity index (χ0) is 17.7. The van der Waals surface area contributed by atoms with E-state index in [4.69, 9.17) is 0 Å². The highest BCUT2D eigenvalue weighted by atomic mass is 19.1. The first-order valence-corrected chi connectivity index (χ1v) is 8.75. The Hall–Kier alpha value is -1.77. The lowest BCUT2D eigenvalue weighted by Crippen LogP contribution is -2.05. The molecule has 0 bridgehead atoms. The van der Waals surface area contributed by atoms with Gasteiger partial charge in [0.05, 0.1) is 0 Å². The minimum absolute atomic E-state index is 0.123. The zero-order valence-corrected chi connectivity index (χ0v) is 14.7. The minimum atomic E-state index is -0.268. The molecule has 0 saturated heterocycles. The molecule has 0 aromatic carbocycles. The first kappa shape index (κ1) is 18.6. The van der Waals surface area contributed by atoms with Crippen molar-refractivity contribution in [2.45, 2.75) is 59.3 Å². The SMILES string of the molecule is CC.CC1=C(F)C=C(C2=C(F)C=C(C3=CC=C(F)CC3)CC2)CC1. The van der Waals surface area contributed by atoms with E-state index >= 15 is 0 Å². The summed E-state index contributed by atoms with van der Waals surface area (Å²) in [5, 5.41) is 0. The van der Waals surface area contributed by atoms with E-state index in [9.17, 15) is 13.2 Å². The summed E-state index contributed by atoms with van der Waals surface area (Å²) in [5.74, 6) is -0.621. The molecule has 0 aromatic heterocycles. The van der Waals surface area contributed by atoms with Crippen molar-refractivity contribution in [3.63, 3.8) is 0 Å². The molecule has 3 aliphatic carbocycles. The van der Waals surface area contributed by atoms with E-state index in [1.807, 2.05) is 13.8 Å². The molecule has 130 valence electrons. The first-order chi connectivity index (χ1) is 11.5. The van der Waals surface area contributed by atoms with E-state index in [-0.39, 0.29) is 17.5 Å². The fourth-order valence-electron chi connectivity index (χ4n) is 3.17. The highest BCUT2D eigenvalue weighted by Gasteiger charge is 2.22. The number of halogens is 3. The quantitative estimate of drug-likeness (QED) is 0.490. The second-order valence-corrected chi connectivity index (χ2v) is 6.10. The van der Waals surface area contributed by atoms with Gasteiger partial charge in [-0.05, 0) is 85.1 Å². The smallest absolute Gasteiger partial charge is 0.126 e. The van der Waals surface area contributed by atoms with Gasteiger partial charge in [0.2, 0.25) is 0 Å². The number of hydrogen-bond donors (Lipinski definition) is 0. The molecule has 0 spiro atoms. The average molecular weight is 334 g/mol. The molecule has 3 heteroatoms. The van der Waals surface area contributed by atoms with Crippen LogP contribution in [0, 0.1) is 0 Å². The van der Waals surface area contributed by atoms with E-state index in [0.29, 0.717) is 37.7 Å². The highest BCUT2D eigenvalue weighted by molar-refractivity contribution is 5.50. The lowest BCUT2D eigenvalue weighted by Gasteiger charge is -2.23. The van der Waals surface area contributed by atoms with Gasteiger partial charge in [0.25, 0.3) is 0 Å². The summed E-state index contributed by atoms with van der Waals surface area (Å²) in [6, 6.07) is 0. The predicted molar refractivity (Wildman–Crippen MR) is 94.4 cm³/mol. The molecule has 24 heavy (non-hydrogen) atoms. The van der Waals surface area contributed by atoms with Gasteiger partial charge >= 0.3 is 0 Å². The molecule has 0 atom stereocenters. The van der Waals surface area contributed by atoms with Crippen LogP contribution < -0.4 is 0 Å². The van der Waals surface area contributed by atoms with Gasteiger partial charge in [-0.15, -0.1) is 0 Å². The van der Waals surface area contributed by atoms with Crippen molar-refractivity contribution in [3.8, 4) is 0 Å². The van der Waals surface area contributed by atoms with Gasteiger partial charge in [-0.25, -0.2) is 13.2 Å². The second-order valence-electron chi connectivity index (χ2n) is 6.10. The van der Waals surface area contributed by atoms with Crippen LogP contribution in [0.15, 0.2) is 69.7 Å². The summed E-state index contributed by atoms with van der Waals surface area (Å²) in [5.41, 5.74) is 4.09. The van der Waals surface area contributed by atoms with Crippen LogP contribution in [0.5, 0.6) is 0 Å². The second kappa shape index (κ2) is 8.36. The topological polar surface area (TPSA) is 0 Å². The van der Waals surface area contributed by atoms with Crippen molar-refractivity contribution in [1.82, 2.24) is 0 Å². The third-order valence-corrected chi connectivity index (χ3v) is 4.61. The van der Waals surface area contributed by atoms with Crippen LogP contribution in [-0.2, 0) is 0 Å². The molecule has 3 aliphatic rings. The summed E-state index contributed by atoms with van der Waals surface area (Å²) >= 11 is 0. The largest absolute Gasteiger partial charge is 0.212 e. The Morgan fingerprint density at radius 3 is 1.88 bits per heavy atom. The van der Waals surface area contributed by atoms with Crippen LogP contribution in [-0.4, -0.2) is 0 Å². The number of rotatable bonds is 2. The molecule has 3 rings (SSSR count). The van der Waals surface area contributed by atoms with Crippen molar-refractivity contribution in [3.05, 3.63) is 69.7 Å². The third-order valence-electron chi connectivity index (χ3n) is 4.61. The molecule has 0 nitrogen and oxygen atoms in total. The first-order valence-electron chi connectivity index (χ1n) is 8.75. The van der Waals surface area contributed by atoms with Crippen molar-refractivity contribution >= 4 is 0 Å². The van der Waals surface area contributed by atoms with Gasteiger partial charge in [-0.3, -0.25) is 0 Å². The van der Waals surface area contributed by atoms with Crippen LogP contribution in [0.2, 0.25) is 0 Å². The summed E-state index contributed by atoms with van der Waals surface area (Å²) in [7, 11) is 0. The summed E-state index contributed by atoms with van der Waals surface area (Å²) in [6.45, 7) is 5.77. The van der Waals surface area contributed by atoms with Crippen LogP contribution in [0.4, 0.5) is 13.2 Å². The Morgan fingerprint density at radius 2 is 1.29 bits per heavy atom. The molecule has 0 saturated carbocycles. The van der Waals surface area contributed by atoms with Gasteiger partial charge in [0.1, 0.15) is 17.5 Å². The maximum Gasteiger partial charge on any atom is 0.126 e. The van der Waals surface area contributed by atoms with Crippen LogP contribution in [0.1, 0.15) is 59.3 Å². The normalized spacial score (nSPS) is 21.4. The molecule has 0 unspecified atom stereocenters. The van der Waals surface area contributed by atoms with Gasteiger partial charge in [0.15, 0.2) is 0 Å². The standard InChI is InChI=1S/C19H19F3.C2H6/c1-12-2-3-15(11-18(12)21)17-9-6-14(10-19(17)22)13-4-7-16(20)8-5-13;1-2/h4,7,10-11H,2-3,5-6,8-9H2,1H3;1-2H3. The van der Waals surface area contributed by atoms with E-state index < -0.39 is 0 Å². The monoisotopic (exact) mass is 334 g/mol. The van der Waals surface area contributed by atoms with E-state index in [2.05, 4.69) is 0 Å². The van der Waals surface area contributed by atoms with Gasteiger partial charge < -0.3 is 0 Å². The molecule has 0 aromatic rings. The Bertz CT molecular complexity index is 682. The average Bonchev–Trinajstić information content (AvgIpc) is 2.60. The molecule has 0 radical (unpaired) electrons. The Labute approximate surface area is 142 Å². The van der Waals surface area contributed by atoms with Gasteiger partial charge in [-0.1, -0.05) is 19.9 Å². The molecule has 0 amide bonds. The lowest BCUT2D eigenvalue weighted by atomic mass is 9.83. The Kier molecular flexibility index (Phi) is 6.47.